The fraction of sp³-hybridized carbons (Fsp3) is 0.200. The number of nitrogens with one attached hydrogen (secondary N) is 2. The summed E-state index contributed by atoms with van der Waals surface area (Å²) in [6.07, 6.45) is 0.181. The van der Waals surface area contributed by atoms with Gasteiger partial charge in [-0.25, -0.2) is 18.1 Å². The van der Waals surface area contributed by atoms with Gasteiger partial charge < -0.3 is 5.32 Å². The number of sulfonamides is 1. The second kappa shape index (κ2) is 9.09. The van der Waals surface area contributed by atoms with Gasteiger partial charge in [-0.2, -0.15) is 0 Å². The lowest BCUT2D eigenvalue weighted by atomic mass is 10.1. The molecule has 0 saturated carbocycles. The first-order valence-corrected chi connectivity index (χ1v) is 11.2. The van der Waals surface area contributed by atoms with Crippen LogP contribution in [0, 0.1) is 0 Å². The van der Waals surface area contributed by atoms with Crippen LogP contribution in [0.15, 0.2) is 60.0 Å². The molecule has 8 heteroatoms. The maximum absolute atomic E-state index is 12.3. The normalized spacial score (nSPS) is 11.3. The van der Waals surface area contributed by atoms with Crippen LogP contribution >= 0.6 is 11.3 Å². The molecule has 1 amide bonds. The molecular formula is C20H21N3O3S2. The Morgan fingerprint density at radius 3 is 2.43 bits per heavy atom. The molecule has 2 aromatic carbocycles. The Balaban J connectivity index is 1.60. The summed E-state index contributed by atoms with van der Waals surface area (Å²) in [7, 11) is -1.99. The van der Waals surface area contributed by atoms with Gasteiger partial charge in [0.05, 0.1) is 17.9 Å². The molecule has 0 fully saturated rings. The van der Waals surface area contributed by atoms with E-state index in [1.165, 1.54) is 18.4 Å². The Labute approximate surface area is 168 Å². The number of benzene rings is 2. The molecule has 3 aromatic rings. The molecule has 146 valence electrons. The Kier molecular flexibility index (Phi) is 6.56. The predicted octanol–water partition coefficient (Wildman–Crippen LogP) is 2.72. The molecule has 3 rings (SSSR count). The monoisotopic (exact) mass is 415 g/mol. The second-order valence-electron chi connectivity index (χ2n) is 6.20. The molecule has 28 heavy (non-hydrogen) atoms. The zero-order chi connectivity index (χ0) is 20.0. The van der Waals surface area contributed by atoms with Crippen molar-refractivity contribution in [2.24, 2.45) is 0 Å². The van der Waals surface area contributed by atoms with Gasteiger partial charge in [0.1, 0.15) is 5.01 Å². The van der Waals surface area contributed by atoms with Crippen molar-refractivity contribution in [1.82, 2.24) is 15.0 Å². The van der Waals surface area contributed by atoms with Gasteiger partial charge in [0, 0.05) is 17.5 Å². The smallest absolute Gasteiger partial charge is 0.226 e. The SMILES string of the molecule is CNS(=O)(=O)Cc1ccccc1CNC(=O)Cc1csc(-c2ccccc2)n1. The lowest BCUT2D eigenvalue weighted by molar-refractivity contribution is -0.120. The minimum atomic E-state index is -3.38. The van der Waals surface area contributed by atoms with Crippen molar-refractivity contribution in [2.75, 3.05) is 7.05 Å². The topological polar surface area (TPSA) is 88.2 Å². The largest absolute Gasteiger partial charge is 0.352 e. The maximum Gasteiger partial charge on any atom is 0.226 e. The third-order valence-electron chi connectivity index (χ3n) is 4.17. The lowest BCUT2D eigenvalue weighted by Crippen LogP contribution is -2.26. The molecule has 0 bridgehead atoms. The molecule has 6 nitrogen and oxygen atoms in total. The van der Waals surface area contributed by atoms with Crippen LogP contribution in [-0.4, -0.2) is 26.4 Å². The highest BCUT2D eigenvalue weighted by Crippen LogP contribution is 2.23. The number of hydrogen-bond donors (Lipinski definition) is 2. The van der Waals surface area contributed by atoms with Crippen LogP contribution in [0.2, 0.25) is 0 Å². The van der Waals surface area contributed by atoms with E-state index >= 15 is 0 Å². The standard InChI is InChI=1S/C20H21N3O3S2/c1-21-28(25,26)14-17-10-6-5-9-16(17)12-22-19(24)11-18-13-27-20(23-18)15-7-3-2-4-8-15/h2-10,13,21H,11-12,14H2,1H3,(H,22,24). The van der Waals surface area contributed by atoms with E-state index < -0.39 is 10.0 Å². The third-order valence-corrected chi connectivity index (χ3v) is 6.42. The minimum absolute atomic E-state index is 0.123. The number of hydrogen-bond acceptors (Lipinski definition) is 5. The molecule has 0 atom stereocenters. The van der Waals surface area contributed by atoms with Crippen LogP contribution in [0.3, 0.4) is 0 Å². The van der Waals surface area contributed by atoms with E-state index in [0.717, 1.165) is 16.1 Å². The fourth-order valence-electron chi connectivity index (χ4n) is 2.67. The van der Waals surface area contributed by atoms with Crippen LogP contribution in [0.4, 0.5) is 0 Å². The van der Waals surface area contributed by atoms with Gasteiger partial charge in [-0.1, -0.05) is 54.6 Å². The van der Waals surface area contributed by atoms with Gasteiger partial charge >= 0.3 is 0 Å². The molecule has 2 N–H and O–H groups in total. The summed E-state index contributed by atoms with van der Waals surface area (Å²) in [4.78, 5) is 16.8. The van der Waals surface area contributed by atoms with Crippen molar-refractivity contribution >= 4 is 27.3 Å². The molecule has 0 aliphatic heterocycles. The predicted molar refractivity (Wildman–Crippen MR) is 111 cm³/mol. The van der Waals surface area contributed by atoms with Crippen molar-refractivity contribution in [1.29, 1.82) is 0 Å². The Morgan fingerprint density at radius 2 is 1.71 bits per heavy atom. The van der Waals surface area contributed by atoms with Crippen molar-refractivity contribution in [3.8, 4) is 10.6 Å². The van der Waals surface area contributed by atoms with E-state index in [4.69, 9.17) is 0 Å². The summed E-state index contributed by atoms with van der Waals surface area (Å²) < 4.78 is 25.9. The first-order chi connectivity index (χ1) is 13.5. The van der Waals surface area contributed by atoms with Gasteiger partial charge in [-0.15, -0.1) is 11.3 Å². The highest BCUT2D eigenvalue weighted by atomic mass is 32.2. The molecule has 0 saturated heterocycles. The molecule has 0 radical (unpaired) electrons. The van der Waals surface area contributed by atoms with Gasteiger partial charge in [0.2, 0.25) is 15.9 Å². The number of nitrogens with zero attached hydrogens (tertiary/aromatic N) is 1. The van der Waals surface area contributed by atoms with Crippen LogP contribution in [0.1, 0.15) is 16.8 Å². The summed E-state index contributed by atoms with van der Waals surface area (Å²) in [5.74, 6) is -0.279. The average Bonchev–Trinajstić information content (AvgIpc) is 3.16. The summed E-state index contributed by atoms with van der Waals surface area (Å²) in [5, 5.41) is 5.62. The number of carbonyl (C=O) groups excluding carboxylic acids is 1. The van der Waals surface area contributed by atoms with Crippen LogP contribution < -0.4 is 10.0 Å². The van der Waals surface area contributed by atoms with Gasteiger partial charge in [0.25, 0.3) is 0 Å². The third kappa shape index (κ3) is 5.48. The second-order valence-corrected chi connectivity index (χ2v) is 8.98. The summed E-state index contributed by atoms with van der Waals surface area (Å²) in [5.41, 5.74) is 3.18. The Hall–Kier alpha value is -2.55. The van der Waals surface area contributed by atoms with Crippen molar-refractivity contribution in [3.63, 3.8) is 0 Å². The molecule has 0 unspecified atom stereocenters. The molecule has 1 heterocycles. The zero-order valence-corrected chi connectivity index (χ0v) is 17.0. The van der Waals surface area contributed by atoms with E-state index in [1.54, 1.807) is 12.1 Å². The lowest BCUT2D eigenvalue weighted by Gasteiger charge is -2.10. The van der Waals surface area contributed by atoms with Crippen LogP contribution in [-0.2, 0) is 33.5 Å². The molecular weight excluding hydrogens is 394 g/mol. The molecule has 0 aliphatic carbocycles. The first kappa shape index (κ1) is 20.2. The number of aromatic nitrogens is 1. The Bertz CT molecular complexity index is 1050. The van der Waals surface area contributed by atoms with Crippen LogP contribution in [0.25, 0.3) is 10.6 Å². The number of amides is 1. The van der Waals surface area contributed by atoms with Crippen molar-refractivity contribution in [3.05, 3.63) is 76.8 Å². The average molecular weight is 416 g/mol. The van der Waals surface area contributed by atoms with Gasteiger partial charge in [0.15, 0.2) is 0 Å². The highest BCUT2D eigenvalue weighted by molar-refractivity contribution is 7.88. The van der Waals surface area contributed by atoms with E-state index in [-0.39, 0.29) is 24.6 Å². The van der Waals surface area contributed by atoms with E-state index in [0.29, 0.717) is 11.3 Å². The van der Waals surface area contributed by atoms with Gasteiger partial charge in [-0.05, 0) is 18.2 Å². The summed E-state index contributed by atoms with van der Waals surface area (Å²) in [6.45, 7) is 0.268. The zero-order valence-electron chi connectivity index (χ0n) is 15.4. The van der Waals surface area contributed by atoms with E-state index in [9.17, 15) is 13.2 Å². The van der Waals surface area contributed by atoms with Gasteiger partial charge in [-0.3, -0.25) is 4.79 Å². The van der Waals surface area contributed by atoms with E-state index in [1.807, 2.05) is 47.8 Å². The summed E-state index contributed by atoms with van der Waals surface area (Å²) in [6, 6.07) is 17.0. The Morgan fingerprint density at radius 1 is 1.04 bits per heavy atom. The molecule has 0 aliphatic rings. The quantitative estimate of drug-likeness (QED) is 0.592. The highest BCUT2D eigenvalue weighted by Gasteiger charge is 2.13. The number of thiazole rings is 1. The maximum atomic E-state index is 12.3. The van der Waals surface area contributed by atoms with Crippen molar-refractivity contribution < 1.29 is 13.2 Å². The van der Waals surface area contributed by atoms with Crippen LogP contribution in [0.5, 0.6) is 0 Å². The van der Waals surface area contributed by atoms with E-state index in [2.05, 4.69) is 15.0 Å². The summed E-state index contributed by atoms with van der Waals surface area (Å²) >= 11 is 1.51. The fourth-order valence-corrected chi connectivity index (χ4v) is 4.33. The number of rotatable bonds is 8. The number of carbonyl (C=O) groups is 1. The molecule has 0 spiro atoms. The minimum Gasteiger partial charge on any atom is -0.352 e. The first-order valence-electron chi connectivity index (χ1n) is 8.71. The van der Waals surface area contributed by atoms with Crippen molar-refractivity contribution in [2.45, 2.75) is 18.7 Å². The molecule has 1 aromatic heterocycles.